The predicted octanol–water partition coefficient (Wildman–Crippen LogP) is 1.62. The second kappa shape index (κ2) is 8.11. The number of amides is 2. The van der Waals surface area contributed by atoms with Crippen molar-refractivity contribution in [2.45, 2.75) is 45.7 Å². The Labute approximate surface area is 138 Å². The summed E-state index contributed by atoms with van der Waals surface area (Å²) in [6.45, 7) is 7.66. The molecule has 1 aromatic carbocycles. The summed E-state index contributed by atoms with van der Waals surface area (Å²) in [7, 11) is 0. The van der Waals surface area contributed by atoms with Gasteiger partial charge in [-0.2, -0.15) is 0 Å². The van der Waals surface area contributed by atoms with Gasteiger partial charge in [-0.25, -0.2) is 0 Å². The molecule has 0 bridgehead atoms. The van der Waals surface area contributed by atoms with E-state index in [-0.39, 0.29) is 23.8 Å². The molecule has 1 aromatic rings. The van der Waals surface area contributed by atoms with Gasteiger partial charge in [0.1, 0.15) is 6.04 Å². The second-order valence-electron chi connectivity index (χ2n) is 6.61. The molecule has 1 aliphatic rings. The Balaban J connectivity index is 1.98. The van der Waals surface area contributed by atoms with Gasteiger partial charge in [-0.3, -0.25) is 9.59 Å². The fourth-order valence-corrected chi connectivity index (χ4v) is 2.73. The second-order valence-corrected chi connectivity index (χ2v) is 6.61. The number of carbonyl (C=O) groups is 2. The van der Waals surface area contributed by atoms with Gasteiger partial charge in [-0.15, -0.1) is 0 Å². The van der Waals surface area contributed by atoms with Crippen LogP contribution in [0.25, 0.3) is 0 Å². The first-order chi connectivity index (χ1) is 11.0. The number of hydrogen-bond donors (Lipinski definition) is 3. The molecule has 1 aliphatic heterocycles. The molecule has 5 heteroatoms. The Morgan fingerprint density at radius 3 is 2.48 bits per heavy atom. The Hall–Kier alpha value is -1.88. The van der Waals surface area contributed by atoms with E-state index in [1.807, 2.05) is 32.9 Å². The zero-order valence-corrected chi connectivity index (χ0v) is 14.2. The van der Waals surface area contributed by atoms with Crippen molar-refractivity contribution in [3.63, 3.8) is 0 Å². The van der Waals surface area contributed by atoms with E-state index in [9.17, 15) is 9.59 Å². The van der Waals surface area contributed by atoms with Crippen molar-refractivity contribution in [1.82, 2.24) is 16.0 Å². The third-order valence-electron chi connectivity index (χ3n) is 4.19. The fourth-order valence-electron chi connectivity index (χ4n) is 2.73. The molecule has 1 saturated heterocycles. The summed E-state index contributed by atoms with van der Waals surface area (Å²) in [5.74, 6) is -0.282. The van der Waals surface area contributed by atoms with Gasteiger partial charge in [-0.05, 0) is 44.4 Å². The van der Waals surface area contributed by atoms with Crippen molar-refractivity contribution in [2.75, 3.05) is 13.1 Å². The fraction of sp³-hybridized carbons (Fsp3) is 0.556. The number of carbonyl (C=O) groups excluding carboxylic acids is 2. The molecular weight excluding hydrogens is 290 g/mol. The van der Waals surface area contributed by atoms with E-state index in [4.69, 9.17) is 0 Å². The smallest absolute Gasteiger partial charge is 0.251 e. The van der Waals surface area contributed by atoms with Gasteiger partial charge >= 0.3 is 0 Å². The lowest BCUT2D eigenvalue weighted by Crippen LogP contribution is -2.54. The van der Waals surface area contributed by atoms with Gasteiger partial charge < -0.3 is 16.0 Å². The highest BCUT2D eigenvalue weighted by Gasteiger charge is 2.27. The Kier molecular flexibility index (Phi) is 6.16. The first-order valence-electron chi connectivity index (χ1n) is 8.36. The third-order valence-corrected chi connectivity index (χ3v) is 4.19. The monoisotopic (exact) mass is 317 g/mol. The van der Waals surface area contributed by atoms with E-state index < -0.39 is 6.04 Å². The molecule has 23 heavy (non-hydrogen) atoms. The minimum absolute atomic E-state index is 0.0287. The zero-order valence-electron chi connectivity index (χ0n) is 14.2. The molecule has 2 atom stereocenters. The largest absolute Gasteiger partial charge is 0.350 e. The Bertz CT molecular complexity index is 534. The molecule has 1 unspecified atom stereocenters. The minimum atomic E-state index is -0.522. The predicted molar refractivity (Wildman–Crippen MR) is 91.3 cm³/mol. The molecule has 2 amide bonds. The highest BCUT2D eigenvalue weighted by Crippen LogP contribution is 2.08. The van der Waals surface area contributed by atoms with Crippen molar-refractivity contribution >= 4 is 11.8 Å². The Morgan fingerprint density at radius 1 is 1.22 bits per heavy atom. The van der Waals surface area contributed by atoms with Crippen LogP contribution < -0.4 is 16.0 Å². The van der Waals surface area contributed by atoms with Crippen LogP contribution in [0.3, 0.4) is 0 Å². The maximum Gasteiger partial charge on any atom is 0.251 e. The normalized spacial score (nSPS) is 19.2. The van der Waals surface area contributed by atoms with Crippen LogP contribution in [-0.4, -0.2) is 37.0 Å². The standard InChI is InChI=1S/C18H27N3O2/c1-12(2)16(18(23)20-15-5-4-10-19-11-15)21-17(22)14-8-6-13(3)7-9-14/h6-9,12,15-16,19H,4-5,10-11H2,1-3H3,(H,20,23)(H,21,22)/t15-,16?/m0/s1. The summed E-state index contributed by atoms with van der Waals surface area (Å²) in [5.41, 5.74) is 1.68. The topological polar surface area (TPSA) is 70.2 Å². The maximum atomic E-state index is 12.5. The molecule has 126 valence electrons. The van der Waals surface area contributed by atoms with Gasteiger partial charge in [0.2, 0.25) is 5.91 Å². The van der Waals surface area contributed by atoms with Crippen LogP contribution in [0.4, 0.5) is 0 Å². The van der Waals surface area contributed by atoms with Gasteiger partial charge in [0.05, 0.1) is 0 Å². The van der Waals surface area contributed by atoms with E-state index >= 15 is 0 Å². The van der Waals surface area contributed by atoms with Crippen molar-refractivity contribution < 1.29 is 9.59 Å². The lowest BCUT2D eigenvalue weighted by molar-refractivity contribution is -0.124. The molecule has 0 spiro atoms. The van der Waals surface area contributed by atoms with Crippen molar-refractivity contribution in [1.29, 1.82) is 0 Å². The molecule has 1 fully saturated rings. The van der Waals surface area contributed by atoms with Gasteiger partial charge in [0.25, 0.3) is 5.91 Å². The minimum Gasteiger partial charge on any atom is -0.350 e. The van der Waals surface area contributed by atoms with Crippen LogP contribution in [0, 0.1) is 12.8 Å². The number of piperidine rings is 1. The highest BCUT2D eigenvalue weighted by molar-refractivity contribution is 5.97. The third kappa shape index (κ3) is 5.06. The molecule has 5 nitrogen and oxygen atoms in total. The van der Waals surface area contributed by atoms with E-state index in [1.165, 1.54) is 0 Å². The van der Waals surface area contributed by atoms with Crippen LogP contribution in [0.2, 0.25) is 0 Å². The lowest BCUT2D eigenvalue weighted by atomic mass is 10.0. The molecule has 0 aromatic heterocycles. The molecular formula is C18H27N3O2. The number of nitrogens with one attached hydrogen (secondary N) is 3. The molecule has 0 radical (unpaired) electrons. The van der Waals surface area contributed by atoms with Gasteiger partial charge in [0.15, 0.2) is 0 Å². The van der Waals surface area contributed by atoms with Gasteiger partial charge in [-0.1, -0.05) is 31.5 Å². The van der Waals surface area contributed by atoms with Crippen LogP contribution in [0.1, 0.15) is 42.6 Å². The average molecular weight is 317 g/mol. The van der Waals surface area contributed by atoms with Crippen LogP contribution in [0.5, 0.6) is 0 Å². The number of benzene rings is 1. The lowest BCUT2D eigenvalue weighted by Gasteiger charge is -2.28. The Morgan fingerprint density at radius 2 is 1.91 bits per heavy atom. The SMILES string of the molecule is Cc1ccc(C(=O)NC(C(=O)N[C@H]2CCCNC2)C(C)C)cc1. The van der Waals surface area contributed by atoms with Crippen molar-refractivity contribution in [3.05, 3.63) is 35.4 Å². The quantitative estimate of drug-likeness (QED) is 0.773. The number of hydrogen-bond acceptors (Lipinski definition) is 3. The van der Waals surface area contributed by atoms with E-state index in [0.29, 0.717) is 5.56 Å². The molecule has 0 saturated carbocycles. The molecule has 2 rings (SSSR count). The van der Waals surface area contributed by atoms with Crippen molar-refractivity contribution in [2.24, 2.45) is 5.92 Å². The summed E-state index contributed by atoms with van der Waals surface area (Å²) in [6.07, 6.45) is 2.04. The average Bonchev–Trinajstić information content (AvgIpc) is 2.53. The van der Waals surface area contributed by atoms with E-state index in [1.54, 1.807) is 12.1 Å². The van der Waals surface area contributed by atoms with Crippen LogP contribution in [-0.2, 0) is 4.79 Å². The summed E-state index contributed by atoms with van der Waals surface area (Å²) < 4.78 is 0. The number of rotatable bonds is 5. The van der Waals surface area contributed by atoms with E-state index in [2.05, 4.69) is 16.0 Å². The van der Waals surface area contributed by atoms with Crippen LogP contribution in [0.15, 0.2) is 24.3 Å². The maximum absolute atomic E-state index is 12.5. The van der Waals surface area contributed by atoms with Crippen LogP contribution >= 0.6 is 0 Å². The van der Waals surface area contributed by atoms with E-state index in [0.717, 1.165) is 31.5 Å². The first-order valence-corrected chi connectivity index (χ1v) is 8.36. The first kappa shape index (κ1) is 17.5. The number of aryl methyl sites for hydroxylation is 1. The zero-order chi connectivity index (χ0) is 16.8. The highest BCUT2D eigenvalue weighted by atomic mass is 16.2. The summed E-state index contributed by atoms with van der Waals surface area (Å²) in [4.78, 5) is 24.9. The van der Waals surface area contributed by atoms with Crippen molar-refractivity contribution in [3.8, 4) is 0 Å². The summed E-state index contributed by atoms with van der Waals surface area (Å²) >= 11 is 0. The van der Waals surface area contributed by atoms with Gasteiger partial charge in [0, 0.05) is 18.2 Å². The summed E-state index contributed by atoms with van der Waals surface area (Å²) in [6, 6.07) is 6.98. The summed E-state index contributed by atoms with van der Waals surface area (Å²) in [5, 5.41) is 9.20. The molecule has 1 heterocycles. The molecule has 3 N–H and O–H groups in total. The molecule has 0 aliphatic carbocycles.